The van der Waals surface area contributed by atoms with Gasteiger partial charge in [-0.25, -0.2) is 0 Å². The molecule has 0 bridgehead atoms. The molecule has 0 saturated carbocycles. The maximum absolute atomic E-state index is 3.46. The van der Waals surface area contributed by atoms with Crippen LogP contribution in [0, 0.1) is 0 Å². The van der Waals surface area contributed by atoms with Crippen molar-refractivity contribution in [3.63, 3.8) is 0 Å². The fourth-order valence-corrected chi connectivity index (χ4v) is 1.27. The molecule has 0 aromatic rings. The Bertz CT molecular complexity index is 90.5. The smallest absolute Gasteiger partial charge is 0.0192 e. The molecule has 4 heteroatoms. The minimum absolute atomic E-state index is 0. The Balaban J connectivity index is 0. The zero-order chi connectivity index (χ0) is 6.69. The molecule has 1 heterocycles. The van der Waals surface area contributed by atoms with Crippen LogP contribution < -0.4 is 5.32 Å². The Hall–Kier alpha value is 0.500. The van der Waals surface area contributed by atoms with Crippen molar-refractivity contribution >= 4 is 24.8 Å². The summed E-state index contributed by atoms with van der Waals surface area (Å²) in [5, 5.41) is 3.46. The van der Waals surface area contributed by atoms with Crippen LogP contribution in [0.2, 0.25) is 0 Å². The number of hydrogen-bond donors (Lipinski definition) is 1. The first-order valence-electron chi connectivity index (χ1n) is 3.75. The van der Waals surface area contributed by atoms with E-state index >= 15 is 0 Å². The molecular weight excluding hydrogens is 183 g/mol. The second kappa shape index (κ2) is 7.17. The predicted molar refractivity (Wildman–Crippen MR) is 54.1 cm³/mol. The standard InChI is InChI=1S/C7H16N2.2ClH/c1-3-7-6-9(2)5-4-8-7;;/h7-8H,3-6H2,1-2H3;2*1H. The van der Waals surface area contributed by atoms with Gasteiger partial charge in [-0.15, -0.1) is 24.8 Å². The summed E-state index contributed by atoms with van der Waals surface area (Å²) < 4.78 is 0. The van der Waals surface area contributed by atoms with E-state index in [1.54, 1.807) is 0 Å². The number of nitrogens with one attached hydrogen (secondary N) is 1. The lowest BCUT2D eigenvalue weighted by atomic mass is 10.2. The van der Waals surface area contributed by atoms with Crippen LogP contribution >= 0.6 is 24.8 Å². The highest BCUT2D eigenvalue weighted by molar-refractivity contribution is 5.85. The molecule has 0 aromatic heterocycles. The third-order valence-electron chi connectivity index (χ3n) is 1.95. The Labute approximate surface area is 81.5 Å². The summed E-state index contributed by atoms with van der Waals surface area (Å²) in [6.07, 6.45) is 1.25. The number of halogens is 2. The quantitative estimate of drug-likeness (QED) is 0.684. The molecule has 0 aromatic carbocycles. The summed E-state index contributed by atoms with van der Waals surface area (Å²) in [5.74, 6) is 0. The molecule has 70 valence electrons. The van der Waals surface area contributed by atoms with Gasteiger partial charge in [0.2, 0.25) is 0 Å². The molecule has 0 radical (unpaired) electrons. The van der Waals surface area contributed by atoms with Crippen LogP contribution in [0.3, 0.4) is 0 Å². The number of hydrogen-bond acceptors (Lipinski definition) is 2. The molecule has 0 aliphatic carbocycles. The van der Waals surface area contributed by atoms with Gasteiger partial charge in [0.25, 0.3) is 0 Å². The van der Waals surface area contributed by atoms with E-state index in [0.29, 0.717) is 0 Å². The van der Waals surface area contributed by atoms with Crippen molar-refractivity contribution in [1.29, 1.82) is 0 Å². The van der Waals surface area contributed by atoms with Crippen LogP contribution in [0.25, 0.3) is 0 Å². The van der Waals surface area contributed by atoms with Gasteiger partial charge in [0.05, 0.1) is 0 Å². The zero-order valence-corrected chi connectivity index (χ0v) is 8.80. The SMILES string of the molecule is CCC1CN(C)CCN1.Cl.Cl. The van der Waals surface area contributed by atoms with Gasteiger partial charge in [-0.2, -0.15) is 0 Å². The second-order valence-electron chi connectivity index (χ2n) is 2.82. The van der Waals surface area contributed by atoms with Crippen molar-refractivity contribution in [2.24, 2.45) is 0 Å². The largest absolute Gasteiger partial charge is 0.311 e. The Kier molecular flexibility index (Phi) is 9.15. The molecule has 11 heavy (non-hydrogen) atoms. The summed E-state index contributed by atoms with van der Waals surface area (Å²) in [7, 11) is 2.18. The van der Waals surface area contributed by atoms with E-state index in [9.17, 15) is 0 Å². The minimum Gasteiger partial charge on any atom is -0.311 e. The lowest BCUT2D eigenvalue weighted by Gasteiger charge is -2.29. The van der Waals surface area contributed by atoms with E-state index in [0.717, 1.165) is 12.6 Å². The summed E-state index contributed by atoms with van der Waals surface area (Å²) in [5.41, 5.74) is 0. The van der Waals surface area contributed by atoms with Crippen LogP contribution in [0.4, 0.5) is 0 Å². The Morgan fingerprint density at radius 2 is 2.09 bits per heavy atom. The van der Waals surface area contributed by atoms with Gasteiger partial charge in [-0.3, -0.25) is 0 Å². The molecular formula is C7H18Cl2N2. The molecule has 1 N–H and O–H groups in total. The van der Waals surface area contributed by atoms with Gasteiger partial charge >= 0.3 is 0 Å². The van der Waals surface area contributed by atoms with E-state index in [2.05, 4.69) is 24.2 Å². The first kappa shape index (κ1) is 14.0. The fraction of sp³-hybridized carbons (Fsp3) is 1.00. The zero-order valence-electron chi connectivity index (χ0n) is 7.17. The van der Waals surface area contributed by atoms with Crippen LogP contribution in [0.15, 0.2) is 0 Å². The van der Waals surface area contributed by atoms with Crippen molar-refractivity contribution in [2.75, 3.05) is 26.7 Å². The molecule has 1 fully saturated rings. The van der Waals surface area contributed by atoms with Gasteiger partial charge in [0.15, 0.2) is 0 Å². The van der Waals surface area contributed by atoms with E-state index in [1.165, 1.54) is 19.5 Å². The molecule has 1 aliphatic rings. The number of rotatable bonds is 1. The molecule has 0 spiro atoms. The summed E-state index contributed by atoms with van der Waals surface area (Å²) in [4.78, 5) is 2.38. The Morgan fingerprint density at radius 3 is 2.45 bits per heavy atom. The average Bonchev–Trinajstić information content (AvgIpc) is 1.88. The average molecular weight is 201 g/mol. The van der Waals surface area contributed by atoms with Gasteiger partial charge in [-0.1, -0.05) is 6.92 Å². The van der Waals surface area contributed by atoms with Crippen molar-refractivity contribution in [3.8, 4) is 0 Å². The molecule has 1 aliphatic heterocycles. The van der Waals surface area contributed by atoms with Crippen LogP contribution in [-0.4, -0.2) is 37.6 Å². The number of nitrogens with zero attached hydrogens (tertiary/aromatic N) is 1. The number of likely N-dealkylation sites (N-methyl/N-ethyl adjacent to an activating group) is 1. The fourth-order valence-electron chi connectivity index (χ4n) is 1.27. The van der Waals surface area contributed by atoms with Crippen molar-refractivity contribution < 1.29 is 0 Å². The highest BCUT2D eigenvalue weighted by Gasteiger charge is 2.12. The van der Waals surface area contributed by atoms with E-state index in [1.807, 2.05) is 0 Å². The highest BCUT2D eigenvalue weighted by atomic mass is 35.5. The van der Waals surface area contributed by atoms with Crippen LogP contribution in [-0.2, 0) is 0 Å². The molecule has 2 nitrogen and oxygen atoms in total. The van der Waals surface area contributed by atoms with Crippen molar-refractivity contribution in [3.05, 3.63) is 0 Å². The lowest BCUT2D eigenvalue weighted by molar-refractivity contribution is 0.235. The molecule has 1 rings (SSSR count). The van der Waals surface area contributed by atoms with E-state index in [-0.39, 0.29) is 24.8 Å². The van der Waals surface area contributed by atoms with Gasteiger partial charge in [0, 0.05) is 25.7 Å². The van der Waals surface area contributed by atoms with Gasteiger partial charge in [0.1, 0.15) is 0 Å². The molecule has 1 unspecified atom stereocenters. The van der Waals surface area contributed by atoms with E-state index < -0.39 is 0 Å². The third kappa shape index (κ3) is 4.86. The second-order valence-corrected chi connectivity index (χ2v) is 2.82. The molecule has 0 amide bonds. The normalized spacial score (nSPS) is 25.1. The monoisotopic (exact) mass is 200 g/mol. The van der Waals surface area contributed by atoms with Gasteiger partial charge < -0.3 is 10.2 Å². The third-order valence-corrected chi connectivity index (χ3v) is 1.95. The minimum atomic E-state index is 0. The maximum atomic E-state index is 3.46. The van der Waals surface area contributed by atoms with Crippen LogP contribution in [0.5, 0.6) is 0 Å². The predicted octanol–water partition coefficient (Wildman–Crippen LogP) is 1.14. The summed E-state index contributed by atoms with van der Waals surface area (Å²) >= 11 is 0. The highest BCUT2D eigenvalue weighted by Crippen LogP contribution is 1.98. The first-order chi connectivity index (χ1) is 4.33. The molecule has 1 atom stereocenters. The topological polar surface area (TPSA) is 15.3 Å². The maximum Gasteiger partial charge on any atom is 0.0192 e. The summed E-state index contributed by atoms with van der Waals surface area (Å²) in [6.45, 7) is 5.82. The lowest BCUT2D eigenvalue weighted by Crippen LogP contribution is -2.48. The van der Waals surface area contributed by atoms with Gasteiger partial charge in [-0.05, 0) is 13.5 Å². The van der Waals surface area contributed by atoms with Crippen LogP contribution in [0.1, 0.15) is 13.3 Å². The number of piperazine rings is 1. The molecule has 1 saturated heterocycles. The first-order valence-corrected chi connectivity index (χ1v) is 3.75. The Morgan fingerprint density at radius 1 is 1.45 bits per heavy atom. The summed E-state index contributed by atoms with van der Waals surface area (Å²) in [6, 6.07) is 0.740. The van der Waals surface area contributed by atoms with Crippen molar-refractivity contribution in [1.82, 2.24) is 10.2 Å². The van der Waals surface area contributed by atoms with E-state index in [4.69, 9.17) is 0 Å². The van der Waals surface area contributed by atoms with Crippen molar-refractivity contribution in [2.45, 2.75) is 19.4 Å².